The molecule has 1 amide bonds. The molecule has 0 spiro atoms. The molecule has 2 aliphatic rings. The van der Waals surface area contributed by atoms with Crippen LogP contribution >= 0.6 is 0 Å². The van der Waals surface area contributed by atoms with Crippen LogP contribution in [0, 0.1) is 0 Å². The van der Waals surface area contributed by atoms with Gasteiger partial charge in [-0.15, -0.1) is 0 Å². The molecule has 2 fully saturated rings. The molecule has 2 aliphatic heterocycles. The summed E-state index contributed by atoms with van der Waals surface area (Å²) in [7, 11) is 0. The molecular weight excluding hydrogens is 1010 g/mol. The summed E-state index contributed by atoms with van der Waals surface area (Å²) in [6, 6.07) is -0.909. The Hall–Kier alpha value is -1.27. The van der Waals surface area contributed by atoms with Gasteiger partial charge in [-0.05, 0) is 19.3 Å². The number of carbonyl (C=O) groups excluding carboxylic acids is 1. The first-order valence-electron chi connectivity index (χ1n) is 33.9. The van der Waals surface area contributed by atoms with Gasteiger partial charge in [0.1, 0.15) is 48.8 Å². The number of aliphatic hydroxyl groups excluding tert-OH is 8. The summed E-state index contributed by atoms with van der Waals surface area (Å²) in [5.74, 6) is -0.233. The fraction of sp³-hybridized carbons (Fsp3) is 0.955. The number of hydrogen-bond acceptors (Lipinski definition) is 13. The van der Waals surface area contributed by atoms with E-state index >= 15 is 0 Å². The van der Waals surface area contributed by atoms with Crippen LogP contribution in [0.1, 0.15) is 309 Å². The van der Waals surface area contributed by atoms with Gasteiger partial charge < -0.3 is 65.1 Å². The van der Waals surface area contributed by atoms with Crippen molar-refractivity contribution in [3.8, 4) is 0 Å². The maximum Gasteiger partial charge on any atom is 0.220 e. The summed E-state index contributed by atoms with van der Waals surface area (Å²) >= 11 is 0. The van der Waals surface area contributed by atoms with E-state index in [0.29, 0.717) is 6.42 Å². The lowest BCUT2D eigenvalue weighted by atomic mass is 9.97. The molecule has 14 nitrogen and oxygen atoms in total. The minimum atomic E-state index is -1.79. The monoisotopic (exact) mass is 1140 g/mol. The normalized spacial score (nSPS) is 24.2. The maximum absolute atomic E-state index is 13.3. The van der Waals surface area contributed by atoms with Gasteiger partial charge in [-0.25, -0.2) is 0 Å². The van der Waals surface area contributed by atoms with E-state index in [4.69, 9.17) is 18.9 Å². The van der Waals surface area contributed by atoms with E-state index in [0.717, 1.165) is 38.5 Å². The van der Waals surface area contributed by atoms with Crippen LogP contribution in [0.15, 0.2) is 12.2 Å². The minimum absolute atomic E-state index is 0.233. The molecule has 9 N–H and O–H groups in total. The molecule has 80 heavy (non-hydrogen) atoms. The third-order valence-electron chi connectivity index (χ3n) is 17.0. The molecule has 2 heterocycles. The molecule has 0 bridgehead atoms. The first kappa shape index (κ1) is 74.8. The molecule has 2 rings (SSSR count). The van der Waals surface area contributed by atoms with Crippen molar-refractivity contribution in [2.45, 2.75) is 383 Å². The molecule has 474 valence electrons. The third-order valence-corrected chi connectivity index (χ3v) is 17.0. The number of amides is 1. The zero-order chi connectivity index (χ0) is 58.1. The van der Waals surface area contributed by atoms with E-state index in [1.165, 1.54) is 244 Å². The Bertz CT molecular complexity index is 1390. The second-order valence-electron chi connectivity index (χ2n) is 24.3. The number of unbranched alkanes of at least 4 members (excludes halogenated alkanes) is 43. The molecule has 0 radical (unpaired) electrons. The highest BCUT2D eigenvalue weighted by atomic mass is 16.7. The summed E-state index contributed by atoms with van der Waals surface area (Å²) in [6.07, 6.45) is 45.8. The van der Waals surface area contributed by atoms with Crippen molar-refractivity contribution < 1.29 is 64.6 Å². The van der Waals surface area contributed by atoms with Gasteiger partial charge in [0.15, 0.2) is 12.6 Å². The average Bonchev–Trinajstić information content (AvgIpc) is 3.46. The van der Waals surface area contributed by atoms with E-state index in [9.17, 15) is 45.6 Å². The lowest BCUT2D eigenvalue weighted by molar-refractivity contribution is -0.359. The van der Waals surface area contributed by atoms with E-state index in [1.807, 2.05) is 6.08 Å². The number of aliphatic hydroxyl groups is 8. The van der Waals surface area contributed by atoms with E-state index in [-0.39, 0.29) is 18.9 Å². The Morgan fingerprint density at radius 2 is 0.775 bits per heavy atom. The molecule has 2 saturated heterocycles. The number of ether oxygens (including phenoxy) is 4. The quantitative estimate of drug-likeness (QED) is 0.0204. The molecule has 12 unspecified atom stereocenters. The average molecular weight is 1140 g/mol. The summed E-state index contributed by atoms with van der Waals surface area (Å²) in [5, 5.41) is 87.1. The molecule has 0 aromatic rings. The lowest BCUT2D eigenvalue weighted by Gasteiger charge is -2.46. The van der Waals surface area contributed by atoms with Crippen LogP contribution in [0.25, 0.3) is 0 Å². The van der Waals surface area contributed by atoms with E-state index < -0.39 is 86.8 Å². The van der Waals surface area contributed by atoms with Crippen molar-refractivity contribution in [2.75, 3.05) is 19.8 Å². The standard InChI is InChI=1S/C66H127NO13/c1-3-5-7-9-11-13-15-17-18-19-20-21-22-23-24-25-26-27-28-29-30-31-32-33-34-35-36-37-38-40-42-44-46-48-50-58(71)67-54(55(70)49-47-45-43-41-39-16-14-12-10-8-6-4-2)53-77-65-63(76)61(74)64(57(52-69)79-65)80-66-62(75)60(73)59(72)56(51-68)78-66/h47,49,54-57,59-66,68-70,72-76H,3-46,48,50-53H2,1-2H3,(H,67,71)/b49-47+. The van der Waals surface area contributed by atoms with Crippen molar-refractivity contribution >= 4 is 5.91 Å². The van der Waals surface area contributed by atoms with Gasteiger partial charge in [0.05, 0.1) is 32.0 Å². The molecule has 14 heteroatoms. The van der Waals surface area contributed by atoms with Crippen LogP contribution < -0.4 is 5.32 Å². The van der Waals surface area contributed by atoms with Crippen LogP contribution in [0.3, 0.4) is 0 Å². The van der Waals surface area contributed by atoms with Crippen molar-refractivity contribution in [3.63, 3.8) is 0 Å². The van der Waals surface area contributed by atoms with Gasteiger partial charge >= 0.3 is 0 Å². The van der Waals surface area contributed by atoms with Gasteiger partial charge in [0.25, 0.3) is 0 Å². The third kappa shape index (κ3) is 36.5. The Morgan fingerprint density at radius 1 is 0.438 bits per heavy atom. The van der Waals surface area contributed by atoms with Gasteiger partial charge in [-0.2, -0.15) is 0 Å². The second-order valence-corrected chi connectivity index (χ2v) is 24.3. The van der Waals surface area contributed by atoms with Crippen molar-refractivity contribution in [3.05, 3.63) is 12.2 Å². The first-order valence-corrected chi connectivity index (χ1v) is 33.9. The second kappa shape index (κ2) is 52.1. The topological polar surface area (TPSA) is 228 Å². The fourth-order valence-corrected chi connectivity index (χ4v) is 11.5. The van der Waals surface area contributed by atoms with Gasteiger partial charge in [0.2, 0.25) is 5.91 Å². The lowest BCUT2D eigenvalue weighted by Crippen LogP contribution is -2.65. The zero-order valence-corrected chi connectivity index (χ0v) is 51.4. The van der Waals surface area contributed by atoms with Gasteiger partial charge in [0, 0.05) is 6.42 Å². The summed E-state index contributed by atoms with van der Waals surface area (Å²) in [4.78, 5) is 13.3. The fourth-order valence-electron chi connectivity index (χ4n) is 11.5. The molecule has 12 atom stereocenters. The minimum Gasteiger partial charge on any atom is -0.394 e. The summed E-state index contributed by atoms with van der Waals surface area (Å²) in [5.41, 5.74) is 0. The molecule has 0 aliphatic carbocycles. The molecule has 0 aromatic heterocycles. The highest BCUT2D eigenvalue weighted by molar-refractivity contribution is 5.76. The van der Waals surface area contributed by atoms with Gasteiger partial charge in [-0.1, -0.05) is 296 Å². The van der Waals surface area contributed by atoms with Crippen LogP contribution in [-0.2, 0) is 23.7 Å². The predicted octanol–water partition coefficient (Wildman–Crippen LogP) is 13.0. The zero-order valence-electron chi connectivity index (χ0n) is 51.4. The van der Waals surface area contributed by atoms with Crippen LogP contribution in [0.5, 0.6) is 0 Å². The Balaban J connectivity index is 1.58. The number of allylic oxidation sites excluding steroid dienone is 1. The SMILES string of the molecule is CCCCCCCCCCCC/C=C/C(O)C(COC1OC(CO)C(OC2OC(CO)C(O)C(O)C2O)C(O)C1O)NC(=O)CCCCCCCCCCCCCCCCCCCCCCCCCCCCCCCCCCCC. The maximum atomic E-state index is 13.3. The van der Waals surface area contributed by atoms with Crippen LogP contribution in [-0.4, -0.2) is 140 Å². The largest absolute Gasteiger partial charge is 0.394 e. The van der Waals surface area contributed by atoms with Crippen molar-refractivity contribution in [2.24, 2.45) is 0 Å². The van der Waals surface area contributed by atoms with Crippen molar-refractivity contribution in [1.82, 2.24) is 5.32 Å². The van der Waals surface area contributed by atoms with Gasteiger partial charge in [-0.3, -0.25) is 4.79 Å². The van der Waals surface area contributed by atoms with Crippen LogP contribution in [0.2, 0.25) is 0 Å². The molecular formula is C66H127NO13. The van der Waals surface area contributed by atoms with Crippen LogP contribution in [0.4, 0.5) is 0 Å². The molecule has 0 aromatic carbocycles. The Morgan fingerprint density at radius 3 is 1.15 bits per heavy atom. The summed E-state index contributed by atoms with van der Waals surface area (Å²) < 4.78 is 22.8. The Labute approximate surface area is 488 Å². The van der Waals surface area contributed by atoms with E-state index in [1.54, 1.807) is 6.08 Å². The van der Waals surface area contributed by atoms with Crippen molar-refractivity contribution in [1.29, 1.82) is 0 Å². The number of carbonyl (C=O) groups is 1. The number of rotatable bonds is 56. The number of hydrogen-bond donors (Lipinski definition) is 9. The van der Waals surface area contributed by atoms with E-state index in [2.05, 4.69) is 19.2 Å². The summed E-state index contributed by atoms with van der Waals surface area (Å²) in [6.45, 7) is 2.82. The highest BCUT2D eigenvalue weighted by Gasteiger charge is 2.51. The highest BCUT2D eigenvalue weighted by Crippen LogP contribution is 2.30. The number of nitrogens with one attached hydrogen (secondary N) is 1. The smallest absolute Gasteiger partial charge is 0.220 e. The molecule has 0 saturated carbocycles. The predicted molar refractivity (Wildman–Crippen MR) is 323 cm³/mol. The Kier molecular flexibility index (Phi) is 48.7. The first-order chi connectivity index (χ1) is 39.1.